The van der Waals surface area contributed by atoms with E-state index in [1.54, 1.807) is 0 Å². The van der Waals surface area contributed by atoms with E-state index in [1.807, 2.05) is 6.08 Å². The number of ketones is 1. The lowest BCUT2D eigenvalue weighted by Gasteiger charge is -2.48. The third-order valence-corrected chi connectivity index (χ3v) is 4.52. The van der Waals surface area contributed by atoms with Gasteiger partial charge in [0.15, 0.2) is 5.78 Å². The maximum atomic E-state index is 11.5. The molecule has 1 atom stereocenters. The van der Waals surface area contributed by atoms with Crippen molar-refractivity contribution < 1.29 is 9.53 Å². The first-order chi connectivity index (χ1) is 7.77. The van der Waals surface area contributed by atoms with Gasteiger partial charge in [0, 0.05) is 13.0 Å². The van der Waals surface area contributed by atoms with Crippen LogP contribution in [-0.4, -0.2) is 18.0 Å². The van der Waals surface area contributed by atoms with Gasteiger partial charge in [-0.05, 0) is 56.9 Å². The van der Waals surface area contributed by atoms with Crippen LogP contribution in [-0.2, 0) is 9.53 Å². The minimum absolute atomic E-state index is 0.213. The molecule has 1 spiro atoms. The molecule has 1 saturated heterocycles. The molecule has 0 aromatic carbocycles. The number of ether oxygens (including phenoxy) is 1. The van der Waals surface area contributed by atoms with Gasteiger partial charge in [-0.3, -0.25) is 4.79 Å². The smallest absolute Gasteiger partial charge is 0.155 e. The molecule has 0 amide bonds. The molecule has 0 aromatic heterocycles. The molecule has 2 aliphatic carbocycles. The Morgan fingerprint density at radius 1 is 1.25 bits per heavy atom. The molecule has 0 bridgehead atoms. The molecule has 1 unspecified atom stereocenters. The number of rotatable bonds is 1. The lowest BCUT2D eigenvalue weighted by atomic mass is 9.69. The van der Waals surface area contributed by atoms with Crippen molar-refractivity contribution >= 4 is 5.78 Å². The third kappa shape index (κ3) is 1.84. The van der Waals surface area contributed by atoms with E-state index in [4.69, 9.17) is 4.74 Å². The summed E-state index contributed by atoms with van der Waals surface area (Å²) in [6.45, 7) is 0.899. The van der Waals surface area contributed by atoms with Crippen LogP contribution in [0.5, 0.6) is 0 Å². The van der Waals surface area contributed by atoms with E-state index in [2.05, 4.69) is 0 Å². The standard InChI is InChI=1S/C14H20O2/c15-13-4-1-3-11(9-13)12-5-8-16-14(10-12)6-2-7-14/h9,12H,1-8,10H2. The maximum absolute atomic E-state index is 11.5. The number of allylic oxidation sites excluding steroid dienone is 2. The first-order valence-electron chi connectivity index (χ1n) is 6.65. The van der Waals surface area contributed by atoms with Crippen molar-refractivity contribution in [3.8, 4) is 0 Å². The number of hydrogen-bond acceptors (Lipinski definition) is 2. The number of hydrogen-bond donors (Lipinski definition) is 0. The summed E-state index contributed by atoms with van der Waals surface area (Å²) in [4.78, 5) is 11.5. The van der Waals surface area contributed by atoms with E-state index in [-0.39, 0.29) is 5.60 Å². The molecule has 1 aliphatic heterocycles. The van der Waals surface area contributed by atoms with Crippen LogP contribution >= 0.6 is 0 Å². The monoisotopic (exact) mass is 220 g/mol. The average Bonchev–Trinajstić information content (AvgIpc) is 2.27. The van der Waals surface area contributed by atoms with Gasteiger partial charge < -0.3 is 4.74 Å². The predicted octanol–water partition coefficient (Wildman–Crippen LogP) is 3.02. The summed E-state index contributed by atoms with van der Waals surface area (Å²) in [5.74, 6) is 0.980. The van der Waals surface area contributed by atoms with Crippen LogP contribution in [0.1, 0.15) is 51.4 Å². The molecule has 0 N–H and O–H groups in total. The first kappa shape index (κ1) is 10.5. The van der Waals surface area contributed by atoms with Crippen molar-refractivity contribution in [2.45, 2.75) is 57.0 Å². The molecule has 16 heavy (non-hydrogen) atoms. The lowest BCUT2D eigenvalue weighted by molar-refractivity contribution is -0.139. The molecule has 3 rings (SSSR count). The summed E-state index contributed by atoms with van der Waals surface area (Å²) in [5, 5.41) is 0. The number of carbonyl (C=O) groups excluding carboxylic acids is 1. The summed E-state index contributed by atoms with van der Waals surface area (Å²) in [5.41, 5.74) is 1.63. The van der Waals surface area contributed by atoms with Gasteiger partial charge in [0.2, 0.25) is 0 Å². The average molecular weight is 220 g/mol. The van der Waals surface area contributed by atoms with Crippen molar-refractivity contribution in [1.82, 2.24) is 0 Å². The van der Waals surface area contributed by atoms with E-state index < -0.39 is 0 Å². The second-order valence-corrected chi connectivity index (χ2v) is 5.61. The first-order valence-corrected chi connectivity index (χ1v) is 6.65. The van der Waals surface area contributed by atoms with Crippen LogP contribution in [0.15, 0.2) is 11.6 Å². The fourth-order valence-electron chi connectivity index (χ4n) is 3.40. The van der Waals surface area contributed by atoms with Gasteiger partial charge in [0.05, 0.1) is 5.60 Å². The van der Waals surface area contributed by atoms with Crippen LogP contribution in [0.25, 0.3) is 0 Å². The highest BCUT2D eigenvalue weighted by atomic mass is 16.5. The van der Waals surface area contributed by atoms with Crippen LogP contribution < -0.4 is 0 Å². The summed E-state index contributed by atoms with van der Waals surface area (Å²) in [7, 11) is 0. The fourth-order valence-corrected chi connectivity index (χ4v) is 3.40. The van der Waals surface area contributed by atoms with Crippen LogP contribution in [0.4, 0.5) is 0 Å². The van der Waals surface area contributed by atoms with Gasteiger partial charge in [-0.1, -0.05) is 5.57 Å². The van der Waals surface area contributed by atoms with E-state index in [0.717, 1.165) is 32.3 Å². The third-order valence-electron chi connectivity index (χ3n) is 4.52. The topological polar surface area (TPSA) is 26.3 Å². The van der Waals surface area contributed by atoms with Gasteiger partial charge >= 0.3 is 0 Å². The Balaban J connectivity index is 1.72. The molecule has 3 aliphatic rings. The molecule has 1 heterocycles. The van der Waals surface area contributed by atoms with Crippen molar-refractivity contribution in [3.05, 3.63) is 11.6 Å². The molecular formula is C14H20O2. The summed E-state index contributed by atoms with van der Waals surface area (Å²) < 4.78 is 5.94. The second kappa shape index (κ2) is 3.99. The normalized spacial score (nSPS) is 33.4. The second-order valence-electron chi connectivity index (χ2n) is 5.61. The van der Waals surface area contributed by atoms with Crippen LogP contribution in [0.3, 0.4) is 0 Å². The molecule has 2 heteroatoms. The van der Waals surface area contributed by atoms with Gasteiger partial charge in [-0.15, -0.1) is 0 Å². The SMILES string of the molecule is O=C1C=C(C2CCOC3(CCC3)C2)CCC1. The molecule has 2 nitrogen and oxygen atoms in total. The Hall–Kier alpha value is -0.630. The van der Waals surface area contributed by atoms with Gasteiger partial charge in [0.1, 0.15) is 0 Å². The molecule has 88 valence electrons. The van der Waals surface area contributed by atoms with Gasteiger partial charge in [-0.25, -0.2) is 0 Å². The van der Waals surface area contributed by atoms with Crippen molar-refractivity contribution in [1.29, 1.82) is 0 Å². The predicted molar refractivity (Wildman–Crippen MR) is 62.2 cm³/mol. The van der Waals surface area contributed by atoms with Gasteiger partial charge in [-0.2, -0.15) is 0 Å². The van der Waals surface area contributed by atoms with E-state index in [1.165, 1.54) is 31.3 Å². The zero-order valence-corrected chi connectivity index (χ0v) is 9.84. The minimum atomic E-state index is 0.213. The zero-order valence-electron chi connectivity index (χ0n) is 9.84. The lowest BCUT2D eigenvalue weighted by Crippen LogP contribution is -2.46. The molecule has 0 aromatic rings. The summed E-state index contributed by atoms with van der Waals surface area (Å²) in [6.07, 6.45) is 11.0. The quantitative estimate of drug-likeness (QED) is 0.679. The molecule has 1 saturated carbocycles. The van der Waals surface area contributed by atoms with E-state index in [9.17, 15) is 4.79 Å². The zero-order chi connectivity index (χ0) is 11.0. The Morgan fingerprint density at radius 3 is 2.81 bits per heavy atom. The van der Waals surface area contributed by atoms with Gasteiger partial charge in [0.25, 0.3) is 0 Å². The molecule has 2 fully saturated rings. The minimum Gasteiger partial charge on any atom is -0.375 e. The highest BCUT2D eigenvalue weighted by Gasteiger charge is 2.43. The van der Waals surface area contributed by atoms with Crippen LogP contribution in [0.2, 0.25) is 0 Å². The highest BCUT2D eigenvalue weighted by molar-refractivity contribution is 5.91. The summed E-state index contributed by atoms with van der Waals surface area (Å²) >= 11 is 0. The summed E-state index contributed by atoms with van der Waals surface area (Å²) in [6, 6.07) is 0. The van der Waals surface area contributed by atoms with Crippen molar-refractivity contribution in [3.63, 3.8) is 0 Å². The Kier molecular flexibility index (Phi) is 2.62. The van der Waals surface area contributed by atoms with E-state index >= 15 is 0 Å². The maximum Gasteiger partial charge on any atom is 0.155 e. The Morgan fingerprint density at radius 2 is 2.12 bits per heavy atom. The Bertz CT molecular complexity index is 326. The largest absolute Gasteiger partial charge is 0.375 e. The highest BCUT2D eigenvalue weighted by Crippen LogP contribution is 2.46. The molecular weight excluding hydrogens is 200 g/mol. The Labute approximate surface area is 97.1 Å². The van der Waals surface area contributed by atoms with Crippen LogP contribution in [0, 0.1) is 5.92 Å². The van der Waals surface area contributed by atoms with E-state index in [0.29, 0.717) is 11.7 Å². The van der Waals surface area contributed by atoms with Crippen molar-refractivity contribution in [2.24, 2.45) is 5.92 Å². The van der Waals surface area contributed by atoms with Crippen molar-refractivity contribution in [2.75, 3.05) is 6.61 Å². The number of carbonyl (C=O) groups is 1. The molecule has 0 radical (unpaired) electrons. The fraction of sp³-hybridized carbons (Fsp3) is 0.786.